The van der Waals surface area contributed by atoms with Crippen LogP contribution in [-0.2, 0) is 0 Å². The third-order valence-electron chi connectivity index (χ3n) is 3.29. The lowest BCUT2D eigenvalue weighted by Crippen LogP contribution is -2.30. The number of nitrogens with one attached hydrogen (secondary N) is 2. The molecule has 3 rings (SSSR count). The number of halogens is 1. The van der Waals surface area contributed by atoms with Crippen molar-refractivity contribution in [2.75, 3.05) is 6.61 Å². The fourth-order valence-corrected chi connectivity index (χ4v) is 2.87. The van der Waals surface area contributed by atoms with Gasteiger partial charge in [-0.2, -0.15) is 0 Å². The van der Waals surface area contributed by atoms with Crippen molar-refractivity contribution in [3.8, 4) is 5.75 Å². The van der Waals surface area contributed by atoms with E-state index in [-0.39, 0.29) is 0 Å². The van der Waals surface area contributed by atoms with E-state index in [9.17, 15) is 0 Å². The fourth-order valence-electron chi connectivity index (χ4n) is 2.38. The lowest BCUT2D eigenvalue weighted by Gasteiger charge is -2.29. The van der Waals surface area contributed by atoms with E-state index < -0.39 is 0 Å². The Hall–Kier alpha value is -0.580. The van der Waals surface area contributed by atoms with E-state index >= 15 is 0 Å². The molecule has 0 bridgehead atoms. The molecular weight excluding hydrogens is 256 g/mol. The minimum atomic E-state index is 0.376. The summed E-state index contributed by atoms with van der Waals surface area (Å²) in [5.41, 5.74) is 7.87. The Morgan fingerprint density at radius 1 is 1.40 bits per heavy atom. The average Bonchev–Trinajstić information content (AvgIpc) is 2.61. The smallest absolute Gasteiger partial charge is 0.138 e. The van der Waals surface area contributed by atoms with Gasteiger partial charge in [-0.3, -0.25) is 5.43 Å². The fraction of sp³-hybridized carbons (Fsp3) is 0.455. The predicted molar refractivity (Wildman–Crippen MR) is 61.6 cm³/mol. The van der Waals surface area contributed by atoms with Crippen molar-refractivity contribution in [3.05, 3.63) is 28.2 Å². The summed E-state index contributed by atoms with van der Waals surface area (Å²) in [5.74, 6) is 1.51. The van der Waals surface area contributed by atoms with Gasteiger partial charge in [0, 0.05) is 17.5 Å². The zero-order chi connectivity index (χ0) is 10.4. The van der Waals surface area contributed by atoms with E-state index in [2.05, 4.69) is 45.8 Å². The van der Waals surface area contributed by atoms with Crippen LogP contribution >= 0.6 is 15.9 Å². The summed E-state index contributed by atoms with van der Waals surface area (Å²) in [6.45, 7) is 2.96. The molecule has 2 heterocycles. The van der Waals surface area contributed by atoms with Crippen molar-refractivity contribution < 1.29 is 4.74 Å². The third kappa shape index (κ3) is 1.40. The molecule has 15 heavy (non-hydrogen) atoms. The molecule has 0 saturated carbocycles. The molecule has 1 aromatic rings. The van der Waals surface area contributed by atoms with E-state index in [1.807, 2.05) is 6.07 Å². The summed E-state index contributed by atoms with van der Waals surface area (Å²) in [4.78, 5) is 0. The lowest BCUT2D eigenvalue weighted by atomic mass is 9.88. The number of fused-ring (bicyclic) bond motifs is 3. The third-order valence-corrected chi connectivity index (χ3v) is 3.91. The molecule has 2 N–H and O–H groups in total. The molecule has 0 aliphatic carbocycles. The van der Waals surface area contributed by atoms with Crippen LogP contribution in [0.3, 0.4) is 0 Å². The first-order chi connectivity index (χ1) is 7.27. The Morgan fingerprint density at radius 3 is 3.13 bits per heavy atom. The zero-order valence-electron chi connectivity index (χ0n) is 8.46. The highest BCUT2D eigenvalue weighted by Crippen LogP contribution is 2.42. The van der Waals surface area contributed by atoms with Gasteiger partial charge in [0.1, 0.15) is 5.75 Å². The van der Waals surface area contributed by atoms with Gasteiger partial charge >= 0.3 is 0 Å². The van der Waals surface area contributed by atoms with Crippen LogP contribution < -0.4 is 15.6 Å². The van der Waals surface area contributed by atoms with Crippen LogP contribution in [0.5, 0.6) is 5.75 Å². The van der Waals surface area contributed by atoms with Crippen LogP contribution in [0.2, 0.25) is 0 Å². The van der Waals surface area contributed by atoms with Gasteiger partial charge in [-0.15, -0.1) is 0 Å². The number of ether oxygens (including phenoxy) is 1. The van der Waals surface area contributed by atoms with Crippen molar-refractivity contribution in [2.45, 2.75) is 19.0 Å². The van der Waals surface area contributed by atoms with Crippen molar-refractivity contribution >= 4 is 15.9 Å². The van der Waals surface area contributed by atoms with E-state index in [4.69, 9.17) is 4.74 Å². The predicted octanol–water partition coefficient (Wildman–Crippen LogP) is 2.00. The van der Waals surface area contributed by atoms with Crippen molar-refractivity contribution in [2.24, 2.45) is 5.92 Å². The first kappa shape index (κ1) is 9.63. The van der Waals surface area contributed by atoms with E-state index in [0.29, 0.717) is 18.0 Å². The van der Waals surface area contributed by atoms with Crippen LogP contribution in [0.25, 0.3) is 0 Å². The molecule has 4 heteroatoms. The number of benzene rings is 1. The Balaban J connectivity index is 2.06. The molecule has 3 atom stereocenters. The number of hydrogen-bond acceptors (Lipinski definition) is 3. The molecule has 0 radical (unpaired) electrons. The first-order valence-corrected chi connectivity index (χ1v) is 5.99. The first-order valence-electron chi connectivity index (χ1n) is 5.19. The van der Waals surface area contributed by atoms with Gasteiger partial charge in [0.2, 0.25) is 0 Å². The SMILES string of the molecule is CC1NNC2c3cccc(Br)c3OCC12. The average molecular weight is 269 g/mol. The van der Waals surface area contributed by atoms with Crippen LogP contribution in [0, 0.1) is 5.92 Å². The van der Waals surface area contributed by atoms with Gasteiger partial charge in [-0.25, -0.2) is 5.43 Å². The standard InChI is InChI=1S/C11H13BrN2O/c1-6-8-5-15-11-7(10(8)14-13-6)3-2-4-9(11)12/h2-4,6,8,10,13-14H,5H2,1H3. The largest absolute Gasteiger partial charge is 0.492 e. The maximum atomic E-state index is 5.81. The van der Waals surface area contributed by atoms with Crippen LogP contribution in [0.1, 0.15) is 18.5 Å². The molecular formula is C11H13BrN2O. The minimum Gasteiger partial charge on any atom is -0.492 e. The van der Waals surface area contributed by atoms with Crippen LogP contribution in [0.4, 0.5) is 0 Å². The van der Waals surface area contributed by atoms with Gasteiger partial charge in [-0.05, 0) is 28.9 Å². The normalized spacial score (nSPS) is 33.1. The maximum absolute atomic E-state index is 5.81. The summed E-state index contributed by atoms with van der Waals surface area (Å²) in [5, 5.41) is 0. The quantitative estimate of drug-likeness (QED) is 0.755. The van der Waals surface area contributed by atoms with Gasteiger partial charge < -0.3 is 4.74 Å². The van der Waals surface area contributed by atoms with Gasteiger partial charge in [0.05, 0.1) is 17.1 Å². The van der Waals surface area contributed by atoms with Gasteiger partial charge in [0.25, 0.3) is 0 Å². The lowest BCUT2D eigenvalue weighted by molar-refractivity contribution is 0.195. The second-order valence-corrected chi connectivity index (χ2v) is 5.04. The molecule has 2 aliphatic heterocycles. The molecule has 3 unspecified atom stereocenters. The summed E-state index contributed by atoms with van der Waals surface area (Å²) in [6.07, 6.45) is 0. The molecule has 1 fully saturated rings. The van der Waals surface area contributed by atoms with E-state index in [1.165, 1.54) is 5.56 Å². The molecule has 0 spiro atoms. The number of hydrazine groups is 1. The molecule has 0 amide bonds. The monoisotopic (exact) mass is 268 g/mol. The second-order valence-electron chi connectivity index (χ2n) is 4.19. The Kier molecular flexibility index (Phi) is 2.23. The molecule has 1 saturated heterocycles. The summed E-state index contributed by atoms with van der Waals surface area (Å²) >= 11 is 3.52. The molecule has 0 aromatic heterocycles. The van der Waals surface area contributed by atoms with Crippen LogP contribution in [-0.4, -0.2) is 12.6 Å². The molecule has 2 aliphatic rings. The Bertz CT molecular complexity index is 396. The topological polar surface area (TPSA) is 33.3 Å². The number of para-hydroxylation sites is 1. The highest BCUT2D eigenvalue weighted by Gasteiger charge is 2.39. The Morgan fingerprint density at radius 2 is 2.27 bits per heavy atom. The Labute approximate surface area is 97.3 Å². The molecule has 3 nitrogen and oxygen atoms in total. The van der Waals surface area contributed by atoms with Crippen molar-refractivity contribution in [1.82, 2.24) is 10.9 Å². The molecule has 80 valence electrons. The van der Waals surface area contributed by atoms with Crippen molar-refractivity contribution in [1.29, 1.82) is 0 Å². The van der Waals surface area contributed by atoms with Crippen LogP contribution in [0.15, 0.2) is 22.7 Å². The summed E-state index contributed by atoms with van der Waals surface area (Å²) < 4.78 is 6.85. The highest BCUT2D eigenvalue weighted by atomic mass is 79.9. The zero-order valence-corrected chi connectivity index (χ0v) is 10.0. The van der Waals surface area contributed by atoms with E-state index in [1.54, 1.807) is 0 Å². The van der Waals surface area contributed by atoms with Gasteiger partial charge in [-0.1, -0.05) is 12.1 Å². The molecule has 1 aromatic carbocycles. The van der Waals surface area contributed by atoms with Crippen molar-refractivity contribution in [3.63, 3.8) is 0 Å². The maximum Gasteiger partial charge on any atom is 0.138 e. The summed E-state index contributed by atoms with van der Waals surface area (Å²) in [6, 6.07) is 7.04. The van der Waals surface area contributed by atoms with E-state index in [0.717, 1.165) is 16.8 Å². The highest BCUT2D eigenvalue weighted by molar-refractivity contribution is 9.10. The van der Waals surface area contributed by atoms with Gasteiger partial charge in [0.15, 0.2) is 0 Å². The minimum absolute atomic E-state index is 0.376. The number of rotatable bonds is 0. The number of hydrogen-bond donors (Lipinski definition) is 2. The second kappa shape index (κ2) is 3.47. The summed E-state index contributed by atoms with van der Waals surface area (Å²) in [7, 11) is 0.